The number of ether oxygens (including phenoxy) is 1. The lowest BCUT2D eigenvalue weighted by atomic mass is 10.1. The molecule has 5 rings (SSSR count). The van der Waals surface area contributed by atoms with Crippen LogP contribution in [0, 0.1) is 0 Å². The number of benzene rings is 2. The summed E-state index contributed by atoms with van der Waals surface area (Å²) in [5.41, 5.74) is 2.07. The molecule has 2 aliphatic rings. The molecule has 0 unspecified atom stereocenters. The lowest BCUT2D eigenvalue weighted by molar-refractivity contribution is 0.177. The van der Waals surface area contributed by atoms with Gasteiger partial charge in [0.1, 0.15) is 12.4 Å². The second-order valence-electron chi connectivity index (χ2n) is 9.88. The SMILES string of the molecule is O=c1c(NC2CCN(CCOc3ccccc3)CC2)nccn1-c1ccc(CN2CCCCC2)cc1. The highest BCUT2D eigenvalue weighted by Gasteiger charge is 2.20. The Bertz CT molecular complexity index is 1130. The predicted octanol–water partition coefficient (Wildman–Crippen LogP) is 4.17. The maximum Gasteiger partial charge on any atom is 0.297 e. The summed E-state index contributed by atoms with van der Waals surface area (Å²) in [5.74, 6) is 1.35. The van der Waals surface area contributed by atoms with Gasteiger partial charge in [-0.15, -0.1) is 0 Å². The van der Waals surface area contributed by atoms with Crippen molar-refractivity contribution in [1.29, 1.82) is 0 Å². The van der Waals surface area contributed by atoms with Crippen LogP contribution in [0.15, 0.2) is 71.8 Å². The van der Waals surface area contributed by atoms with Crippen LogP contribution in [-0.4, -0.2) is 64.7 Å². The summed E-state index contributed by atoms with van der Waals surface area (Å²) in [4.78, 5) is 22.5. The van der Waals surface area contributed by atoms with E-state index in [2.05, 4.69) is 32.2 Å². The van der Waals surface area contributed by atoms with Crippen molar-refractivity contribution in [3.05, 3.63) is 82.9 Å². The quantitative estimate of drug-likeness (QED) is 0.489. The van der Waals surface area contributed by atoms with E-state index in [1.54, 1.807) is 17.0 Å². The maximum absolute atomic E-state index is 13.2. The van der Waals surface area contributed by atoms with Crippen molar-refractivity contribution < 1.29 is 4.74 Å². The van der Waals surface area contributed by atoms with Crippen molar-refractivity contribution in [1.82, 2.24) is 19.4 Å². The van der Waals surface area contributed by atoms with Gasteiger partial charge in [0.2, 0.25) is 0 Å². The summed E-state index contributed by atoms with van der Waals surface area (Å²) in [6.45, 7) is 6.90. The number of para-hydroxylation sites is 1. The number of anilines is 1. The third-order valence-electron chi connectivity index (χ3n) is 7.26. The molecule has 1 N–H and O–H groups in total. The van der Waals surface area contributed by atoms with E-state index in [1.807, 2.05) is 42.5 Å². The lowest BCUT2D eigenvalue weighted by Crippen LogP contribution is -2.41. The molecule has 2 aliphatic heterocycles. The molecule has 2 aromatic carbocycles. The van der Waals surface area contributed by atoms with E-state index in [0.29, 0.717) is 12.4 Å². The van der Waals surface area contributed by atoms with E-state index in [9.17, 15) is 4.79 Å². The van der Waals surface area contributed by atoms with Crippen molar-refractivity contribution in [2.45, 2.75) is 44.7 Å². The molecule has 7 heteroatoms. The molecule has 0 aliphatic carbocycles. The van der Waals surface area contributed by atoms with Gasteiger partial charge in [0.15, 0.2) is 5.82 Å². The number of likely N-dealkylation sites (tertiary alicyclic amines) is 2. The van der Waals surface area contributed by atoms with Crippen molar-refractivity contribution in [3.63, 3.8) is 0 Å². The summed E-state index contributed by atoms with van der Waals surface area (Å²) in [6.07, 6.45) is 9.35. The molecule has 3 heterocycles. The van der Waals surface area contributed by atoms with Crippen LogP contribution in [0.1, 0.15) is 37.7 Å². The largest absolute Gasteiger partial charge is 0.492 e. The van der Waals surface area contributed by atoms with Crippen LogP contribution in [0.3, 0.4) is 0 Å². The molecule has 36 heavy (non-hydrogen) atoms. The zero-order chi connectivity index (χ0) is 24.6. The normalized spacial score (nSPS) is 17.7. The van der Waals surface area contributed by atoms with Gasteiger partial charge in [-0.3, -0.25) is 19.2 Å². The van der Waals surface area contributed by atoms with Crippen LogP contribution in [0.2, 0.25) is 0 Å². The minimum Gasteiger partial charge on any atom is -0.492 e. The van der Waals surface area contributed by atoms with Gasteiger partial charge < -0.3 is 10.1 Å². The third kappa shape index (κ3) is 6.53. The molecule has 0 amide bonds. The standard InChI is InChI=1S/C29H37N5O2/c35-29-28(31-25-13-18-32(19-14-25)21-22-36-27-7-3-1-4-8-27)30-15-20-34(29)26-11-9-24(10-12-26)23-33-16-5-2-6-17-33/h1,3-4,7-12,15,20,25H,2,5-6,13-14,16-19,21-23H2,(H,30,31). The number of nitrogens with one attached hydrogen (secondary N) is 1. The second kappa shape index (κ2) is 12.2. The molecule has 0 spiro atoms. The number of hydrogen-bond acceptors (Lipinski definition) is 6. The van der Waals surface area contributed by atoms with Crippen LogP contribution < -0.4 is 15.6 Å². The Balaban J connectivity index is 1.12. The van der Waals surface area contributed by atoms with Crippen molar-refractivity contribution in [2.24, 2.45) is 0 Å². The van der Waals surface area contributed by atoms with E-state index in [4.69, 9.17) is 4.74 Å². The number of hydrogen-bond donors (Lipinski definition) is 1. The first-order chi connectivity index (χ1) is 17.7. The van der Waals surface area contributed by atoms with E-state index in [0.717, 1.165) is 50.5 Å². The second-order valence-corrected chi connectivity index (χ2v) is 9.88. The Kier molecular flexibility index (Phi) is 8.31. The van der Waals surface area contributed by atoms with E-state index >= 15 is 0 Å². The number of rotatable bonds is 9. The molecule has 0 saturated carbocycles. The van der Waals surface area contributed by atoms with Crippen molar-refractivity contribution in [2.75, 3.05) is 44.6 Å². The minimum atomic E-state index is -0.0972. The van der Waals surface area contributed by atoms with E-state index < -0.39 is 0 Å². The Labute approximate surface area is 213 Å². The van der Waals surface area contributed by atoms with Gasteiger partial charge in [-0.25, -0.2) is 4.98 Å². The van der Waals surface area contributed by atoms with Gasteiger partial charge in [-0.1, -0.05) is 36.8 Å². The molecule has 1 aromatic heterocycles. The third-order valence-corrected chi connectivity index (χ3v) is 7.26. The smallest absolute Gasteiger partial charge is 0.297 e. The number of aromatic nitrogens is 2. The molecule has 0 atom stereocenters. The van der Waals surface area contributed by atoms with Crippen LogP contribution in [0.25, 0.3) is 5.69 Å². The average Bonchev–Trinajstić information content (AvgIpc) is 2.93. The van der Waals surface area contributed by atoms with Gasteiger partial charge in [-0.2, -0.15) is 0 Å². The van der Waals surface area contributed by atoms with Gasteiger partial charge in [0.25, 0.3) is 5.56 Å². The summed E-state index contributed by atoms with van der Waals surface area (Å²) in [5, 5.41) is 3.42. The highest BCUT2D eigenvalue weighted by atomic mass is 16.5. The fourth-order valence-corrected chi connectivity index (χ4v) is 5.16. The van der Waals surface area contributed by atoms with Crippen molar-refractivity contribution in [3.8, 4) is 11.4 Å². The molecular weight excluding hydrogens is 450 g/mol. The Hall–Kier alpha value is -3.16. The van der Waals surface area contributed by atoms with Gasteiger partial charge in [-0.05, 0) is 68.6 Å². The summed E-state index contributed by atoms with van der Waals surface area (Å²) in [6, 6.07) is 18.6. The maximum atomic E-state index is 13.2. The first-order valence-electron chi connectivity index (χ1n) is 13.3. The Morgan fingerprint density at radius 1 is 0.889 bits per heavy atom. The first-order valence-corrected chi connectivity index (χ1v) is 13.3. The molecule has 3 aromatic rings. The summed E-state index contributed by atoms with van der Waals surface area (Å²) < 4.78 is 7.52. The van der Waals surface area contributed by atoms with Crippen LogP contribution >= 0.6 is 0 Å². The zero-order valence-electron chi connectivity index (χ0n) is 21.0. The molecule has 0 bridgehead atoms. The lowest BCUT2D eigenvalue weighted by Gasteiger charge is -2.32. The van der Waals surface area contributed by atoms with Crippen LogP contribution in [-0.2, 0) is 6.54 Å². The molecule has 2 fully saturated rings. The van der Waals surface area contributed by atoms with Gasteiger partial charge in [0.05, 0.1) is 0 Å². The topological polar surface area (TPSA) is 62.6 Å². The Morgan fingerprint density at radius 2 is 1.64 bits per heavy atom. The van der Waals surface area contributed by atoms with Gasteiger partial charge in [0, 0.05) is 50.3 Å². The average molecular weight is 488 g/mol. The number of nitrogens with zero attached hydrogens (tertiary/aromatic N) is 4. The minimum absolute atomic E-state index is 0.0972. The zero-order valence-corrected chi connectivity index (χ0v) is 21.0. The fraction of sp³-hybridized carbons (Fsp3) is 0.448. The monoisotopic (exact) mass is 487 g/mol. The molecule has 2 saturated heterocycles. The molecule has 0 radical (unpaired) electrons. The molecular formula is C29H37N5O2. The predicted molar refractivity (Wildman–Crippen MR) is 144 cm³/mol. The molecule has 7 nitrogen and oxygen atoms in total. The highest BCUT2D eigenvalue weighted by molar-refractivity contribution is 5.40. The van der Waals surface area contributed by atoms with Gasteiger partial charge >= 0.3 is 0 Å². The van der Waals surface area contributed by atoms with E-state index in [1.165, 1.54) is 37.9 Å². The van der Waals surface area contributed by atoms with Crippen molar-refractivity contribution >= 4 is 5.82 Å². The first kappa shape index (κ1) is 24.5. The van der Waals surface area contributed by atoms with Crippen LogP contribution in [0.4, 0.5) is 5.82 Å². The highest BCUT2D eigenvalue weighted by Crippen LogP contribution is 2.17. The summed E-state index contributed by atoms with van der Waals surface area (Å²) in [7, 11) is 0. The summed E-state index contributed by atoms with van der Waals surface area (Å²) >= 11 is 0. The Morgan fingerprint density at radius 3 is 2.39 bits per heavy atom. The molecule has 190 valence electrons. The van der Waals surface area contributed by atoms with E-state index in [-0.39, 0.29) is 11.6 Å². The number of piperidine rings is 2. The fourth-order valence-electron chi connectivity index (χ4n) is 5.16. The van der Waals surface area contributed by atoms with Crippen LogP contribution in [0.5, 0.6) is 5.75 Å².